The zero-order valence-electron chi connectivity index (χ0n) is 10.0. The topological polar surface area (TPSA) is 70.9 Å². The Bertz CT molecular complexity index is 788. The molecular formula is C13H10FN3O2. The zero-order valence-corrected chi connectivity index (χ0v) is 10.0. The number of para-hydroxylation sites is 1. The molecule has 0 aliphatic heterocycles. The van der Waals surface area contributed by atoms with Gasteiger partial charge in [-0.2, -0.15) is 5.10 Å². The van der Waals surface area contributed by atoms with E-state index in [2.05, 4.69) is 10.2 Å². The highest BCUT2D eigenvalue weighted by atomic mass is 19.1. The monoisotopic (exact) mass is 259 g/mol. The molecular weight excluding hydrogens is 249 g/mol. The molecule has 0 bridgehead atoms. The van der Waals surface area contributed by atoms with Crippen LogP contribution in [0.25, 0.3) is 22.3 Å². The largest absolute Gasteiger partial charge is 0.477 e. The van der Waals surface area contributed by atoms with E-state index in [0.29, 0.717) is 16.9 Å². The van der Waals surface area contributed by atoms with E-state index in [0.717, 1.165) is 5.39 Å². The summed E-state index contributed by atoms with van der Waals surface area (Å²) in [6.45, 7) is 0. The number of nitrogens with one attached hydrogen (secondary N) is 1. The van der Waals surface area contributed by atoms with Crippen molar-refractivity contribution in [1.82, 2.24) is 14.8 Å². The lowest BCUT2D eigenvalue weighted by Crippen LogP contribution is -1.95. The Labute approximate surface area is 107 Å². The van der Waals surface area contributed by atoms with Crippen LogP contribution in [0.1, 0.15) is 10.5 Å². The van der Waals surface area contributed by atoms with Crippen molar-refractivity contribution in [2.75, 3.05) is 0 Å². The van der Waals surface area contributed by atoms with Crippen LogP contribution >= 0.6 is 0 Å². The molecule has 0 saturated carbocycles. The third kappa shape index (κ3) is 1.69. The Morgan fingerprint density at radius 3 is 2.84 bits per heavy atom. The number of aromatic carboxylic acids is 1. The van der Waals surface area contributed by atoms with E-state index < -0.39 is 5.97 Å². The Balaban J connectivity index is 2.22. The van der Waals surface area contributed by atoms with Crippen LogP contribution in [0.4, 0.5) is 4.39 Å². The summed E-state index contributed by atoms with van der Waals surface area (Å²) in [4.78, 5) is 10.8. The third-order valence-corrected chi connectivity index (χ3v) is 3.08. The minimum atomic E-state index is -1.08. The SMILES string of the molecule is Cn1c(-c2cc(C(=O)O)[nH]n2)cc2cccc(F)c21. The molecule has 0 spiro atoms. The summed E-state index contributed by atoms with van der Waals surface area (Å²) in [5.74, 6) is -1.40. The molecule has 5 nitrogen and oxygen atoms in total. The lowest BCUT2D eigenvalue weighted by atomic mass is 10.2. The molecule has 1 aromatic carbocycles. The Kier molecular flexibility index (Phi) is 2.38. The van der Waals surface area contributed by atoms with Gasteiger partial charge in [0.05, 0.1) is 11.2 Å². The molecule has 0 fully saturated rings. The molecule has 3 aromatic rings. The average Bonchev–Trinajstić information content (AvgIpc) is 2.95. The fraction of sp³-hybridized carbons (Fsp3) is 0.0769. The molecule has 96 valence electrons. The van der Waals surface area contributed by atoms with E-state index in [1.54, 1.807) is 29.8 Å². The molecule has 2 heterocycles. The first-order valence-corrected chi connectivity index (χ1v) is 5.61. The van der Waals surface area contributed by atoms with Crippen LogP contribution in [0.15, 0.2) is 30.3 Å². The predicted octanol–water partition coefficient (Wildman–Crippen LogP) is 2.41. The van der Waals surface area contributed by atoms with Crippen LogP contribution in [-0.4, -0.2) is 25.8 Å². The molecule has 0 saturated heterocycles. The average molecular weight is 259 g/mol. The standard InChI is InChI=1S/C13H10FN3O2/c1-17-11(9-6-10(13(18)19)16-15-9)5-7-3-2-4-8(14)12(7)17/h2-6H,1H3,(H,15,16)(H,18,19). The summed E-state index contributed by atoms with van der Waals surface area (Å²) >= 11 is 0. The quantitative estimate of drug-likeness (QED) is 0.742. The maximum absolute atomic E-state index is 13.8. The van der Waals surface area contributed by atoms with Gasteiger partial charge in [-0.05, 0) is 12.1 Å². The summed E-state index contributed by atoms with van der Waals surface area (Å²) in [6, 6.07) is 8.02. The summed E-state index contributed by atoms with van der Waals surface area (Å²) in [7, 11) is 1.72. The Morgan fingerprint density at radius 1 is 1.42 bits per heavy atom. The van der Waals surface area contributed by atoms with Crippen LogP contribution in [0, 0.1) is 5.82 Å². The molecule has 2 N–H and O–H groups in total. The maximum atomic E-state index is 13.8. The summed E-state index contributed by atoms with van der Waals surface area (Å²) in [6.07, 6.45) is 0. The number of hydrogen-bond donors (Lipinski definition) is 2. The fourth-order valence-electron chi connectivity index (χ4n) is 2.18. The number of aryl methyl sites for hydroxylation is 1. The van der Waals surface area contributed by atoms with Crippen molar-refractivity contribution in [3.63, 3.8) is 0 Å². The van der Waals surface area contributed by atoms with E-state index in [9.17, 15) is 9.18 Å². The molecule has 3 rings (SSSR count). The van der Waals surface area contributed by atoms with Gasteiger partial charge in [0.25, 0.3) is 0 Å². The number of carboxylic acids is 1. The number of rotatable bonds is 2. The van der Waals surface area contributed by atoms with Gasteiger partial charge >= 0.3 is 5.97 Å². The summed E-state index contributed by atoms with van der Waals surface area (Å²) in [5.41, 5.74) is 1.59. The van der Waals surface area contributed by atoms with Crippen molar-refractivity contribution in [2.45, 2.75) is 0 Å². The van der Waals surface area contributed by atoms with E-state index in [1.807, 2.05) is 0 Å². The predicted molar refractivity (Wildman–Crippen MR) is 67.4 cm³/mol. The van der Waals surface area contributed by atoms with Gasteiger partial charge in [0.2, 0.25) is 0 Å². The Hall–Kier alpha value is -2.63. The Morgan fingerprint density at radius 2 is 2.21 bits per heavy atom. The molecule has 2 aromatic heterocycles. The molecule has 0 amide bonds. The van der Waals surface area contributed by atoms with Gasteiger partial charge in [-0.15, -0.1) is 0 Å². The van der Waals surface area contributed by atoms with Crippen LogP contribution in [-0.2, 0) is 7.05 Å². The molecule has 0 aliphatic carbocycles. The van der Waals surface area contributed by atoms with Gasteiger partial charge in [0.1, 0.15) is 17.2 Å². The van der Waals surface area contributed by atoms with Gasteiger partial charge in [0, 0.05) is 18.5 Å². The van der Waals surface area contributed by atoms with Gasteiger partial charge in [-0.1, -0.05) is 12.1 Å². The van der Waals surface area contributed by atoms with Crippen LogP contribution < -0.4 is 0 Å². The van der Waals surface area contributed by atoms with Gasteiger partial charge in [-0.25, -0.2) is 9.18 Å². The smallest absolute Gasteiger partial charge is 0.353 e. The number of fused-ring (bicyclic) bond motifs is 1. The van der Waals surface area contributed by atoms with Gasteiger partial charge in [0.15, 0.2) is 0 Å². The lowest BCUT2D eigenvalue weighted by Gasteiger charge is -2.01. The van der Waals surface area contributed by atoms with Crippen LogP contribution in [0.2, 0.25) is 0 Å². The van der Waals surface area contributed by atoms with Gasteiger partial charge in [-0.3, -0.25) is 5.10 Å². The number of hydrogen-bond acceptors (Lipinski definition) is 2. The first kappa shape index (κ1) is 11.5. The van der Waals surface area contributed by atoms with Crippen LogP contribution in [0.3, 0.4) is 0 Å². The fourth-order valence-corrected chi connectivity index (χ4v) is 2.18. The molecule has 6 heteroatoms. The number of carboxylic acid groups (broad SMARTS) is 1. The summed E-state index contributed by atoms with van der Waals surface area (Å²) in [5, 5.41) is 16.0. The second kappa shape index (κ2) is 3.94. The second-order valence-electron chi connectivity index (χ2n) is 4.24. The van der Waals surface area contributed by atoms with E-state index in [1.165, 1.54) is 12.1 Å². The van der Waals surface area contributed by atoms with Crippen molar-refractivity contribution in [3.05, 3.63) is 41.8 Å². The minimum Gasteiger partial charge on any atom is -0.477 e. The third-order valence-electron chi connectivity index (χ3n) is 3.08. The number of aromatic nitrogens is 3. The molecule has 0 unspecified atom stereocenters. The van der Waals surface area contributed by atoms with E-state index >= 15 is 0 Å². The van der Waals surface area contributed by atoms with Crippen molar-refractivity contribution in [3.8, 4) is 11.4 Å². The highest BCUT2D eigenvalue weighted by molar-refractivity contribution is 5.89. The maximum Gasteiger partial charge on any atom is 0.353 e. The first-order valence-electron chi connectivity index (χ1n) is 5.61. The van der Waals surface area contributed by atoms with Crippen molar-refractivity contribution in [2.24, 2.45) is 7.05 Å². The van der Waals surface area contributed by atoms with Crippen molar-refractivity contribution in [1.29, 1.82) is 0 Å². The summed E-state index contributed by atoms with van der Waals surface area (Å²) < 4.78 is 15.4. The number of H-pyrrole nitrogens is 1. The lowest BCUT2D eigenvalue weighted by molar-refractivity contribution is 0.0690. The second-order valence-corrected chi connectivity index (χ2v) is 4.24. The zero-order chi connectivity index (χ0) is 13.6. The van der Waals surface area contributed by atoms with E-state index in [-0.39, 0.29) is 11.5 Å². The van der Waals surface area contributed by atoms with Gasteiger partial charge < -0.3 is 9.67 Å². The minimum absolute atomic E-state index is 0.000674. The molecule has 0 atom stereocenters. The van der Waals surface area contributed by atoms with E-state index in [4.69, 9.17) is 5.11 Å². The highest BCUT2D eigenvalue weighted by Crippen LogP contribution is 2.27. The highest BCUT2D eigenvalue weighted by Gasteiger charge is 2.15. The van der Waals surface area contributed by atoms with Crippen LogP contribution in [0.5, 0.6) is 0 Å². The number of aromatic amines is 1. The molecule has 0 aliphatic rings. The number of carbonyl (C=O) groups is 1. The van der Waals surface area contributed by atoms with Crippen molar-refractivity contribution >= 4 is 16.9 Å². The number of halogens is 1. The number of benzene rings is 1. The molecule has 19 heavy (non-hydrogen) atoms. The first-order chi connectivity index (χ1) is 9.08. The number of nitrogens with zero attached hydrogens (tertiary/aromatic N) is 2. The molecule has 0 radical (unpaired) electrons. The normalized spacial score (nSPS) is 11.1. The van der Waals surface area contributed by atoms with Crippen molar-refractivity contribution < 1.29 is 14.3 Å².